The molecular formula is C23H27F3N2O4S. The van der Waals surface area contributed by atoms with Crippen LogP contribution in [-0.4, -0.2) is 56.3 Å². The summed E-state index contributed by atoms with van der Waals surface area (Å²) in [5.74, 6) is -2.44. The molecule has 0 aromatic heterocycles. The zero-order valence-corrected chi connectivity index (χ0v) is 19.4. The fraction of sp³-hybridized carbons (Fsp3) is 0.435. The van der Waals surface area contributed by atoms with E-state index in [2.05, 4.69) is 0 Å². The summed E-state index contributed by atoms with van der Waals surface area (Å²) in [6.07, 6.45) is 1.02. The van der Waals surface area contributed by atoms with Gasteiger partial charge in [0.2, 0.25) is 15.9 Å². The van der Waals surface area contributed by atoms with Gasteiger partial charge >= 0.3 is 0 Å². The highest BCUT2D eigenvalue weighted by Gasteiger charge is 2.36. The first-order valence-corrected chi connectivity index (χ1v) is 12.1. The molecule has 2 aromatic rings. The van der Waals surface area contributed by atoms with E-state index in [9.17, 15) is 26.4 Å². The summed E-state index contributed by atoms with van der Waals surface area (Å²) in [6.45, 7) is 4.58. The molecule has 0 unspecified atom stereocenters. The summed E-state index contributed by atoms with van der Waals surface area (Å²) in [7, 11) is -3.83. The lowest BCUT2D eigenvalue weighted by molar-refractivity contribution is -0.142. The second-order valence-electron chi connectivity index (χ2n) is 8.57. The number of hydrogen-bond donors (Lipinski definition) is 0. The van der Waals surface area contributed by atoms with Gasteiger partial charge in [-0.15, -0.1) is 0 Å². The number of ether oxygens (including phenoxy) is 1. The predicted molar refractivity (Wildman–Crippen MR) is 117 cm³/mol. The van der Waals surface area contributed by atoms with Gasteiger partial charge in [0.25, 0.3) is 0 Å². The molecule has 10 heteroatoms. The smallest absolute Gasteiger partial charge is 0.243 e. The van der Waals surface area contributed by atoms with Crippen LogP contribution in [0.2, 0.25) is 0 Å². The number of piperazine rings is 1. The number of amides is 1. The van der Waals surface area contributed by atoms with Crippen molar-refractivity contribution in [2.45, 2.75) is 31.6 Å². The molecule has 0 bridgehead atoms. The number of nitrogens with zero attached hydrogens (tertiary/aromatic N) is 2. The number of carbonyl (C=O) groups is 1. The van der Waals surface area contributed by atoms with E-state index in [-0.39, 0.29) is 49.3 Å². The van der Waals surface area contributed by atoms with E-state index >= 15 is 0 Å². The molecule has 0 radical (unpaired) electrons. The van der Waals surface area contributed by atoms with Crippen molar-refractivity contribution in [3.8, 4) is 5.75 Å². The Hall–Kier alpha value is -2.59. The van der Waals surface area contributed by atoms with Crippen molar-refractivity contribution in [3.05, 3.63) is 59.9 Å². The Bertz CT molecular complexity index is 1100. The van der Waals surface area contributed by atoms with Crippen molar-refractivity contribution >= 4 is 15.9 Å². The van der Waals surface area contributed by atoms with Gasteiger partial charge < -0.3 is 9.64 Å². The van der Waals surface area contributed by atoms with E-state index < -0.39 is 32.9 Å². The second kappa shape index (κ2) is 10.1. The van der Waals surface area contributed by atoms with Crippen molar-refractivity contribution in [1.82, 2.24) is 9.21 Å². The van der Waals surface area contributed by atoms with Crippen LogP contribution in [0.1, 0.15) is 26.7 Å². The summed E-state index contributed by atoms with van der Waals surface area (Å²) >= 11 is 0. The number of halogens is 3. The Labute approximate surface area is 192 Å². The van der Waals surface area contributed by atoms with Crippen LogP contribution >= 0.6 is 0 Å². The molecule has 6 nitrogen and oxygen atoms in total. The van der Waals surface area contributed by atoms with Crippen molar-refractivity contribution in [2.24, 2.45) is 5.41 Å². The average molecular weight is 485 g/mol. The van der Waals surface area contributed by atoms with E-state index in [0.29, 0.717) is 12.8 Å². The molecule has 0 saturated carbocycles. The maximum atomic E-state index is 13.4. The molecule has 3 rings (SSSR count). The summed E-state index contributed by atoms with van der Waals surface area (Å²) < 4.78 is 71.8. The molecule has 2 aromatic carbocycles. The van der Waals surface area contributed by atoms with Crippen molar-refractivity contribution in [2.75, 3.05) is 32.8 Å². The van der Waals surface area contributed by atoms with Gasteiger partial charge in [-0.25, -0.2) is 21.6 Å². The minimum atomic E-state index is -3.83. The zero-order chi connectivity index (χ0) is 24.2. The Kier molecular flexibility index (Phi) is 7.69. The number of hydrogen-bond acceptors (Lipinski definition) is 4. The molecule has 1 amide bonds. The molecule has 180 valence electrons. The summed E-state index contributed by atoms with van der Waals surface area (Å²) in [5, 5.41) is 0. The fourth-order valence-electron chi connectivity index (χ4n) is 3.71. The summed E-state index contributed by atoms with van der Waals surface area (Å²) in [4.78, 5) is 14.5. The second-order valence-corrected chi connectivity index (χ2v) is 10.5. The molecular weight excluding hydrogens is 457 g/mol. The number of carbonyl (C=O) groups excluding carboxylic acids is 1. The van der Waals surface area contributed by atoms with Crippen LogP contribution in [0.15, 0.2) is 47.4 Å². The molecule has 1 heterocycles. The molecule has 0 spiro atoms. The van der Waals surface area contributed by atoms with E-state index in [1.54, 1.807) is 4.90 Å². The predicted octanol–water partition coefficient (Wildman–Crippen LogP) is 3.82. The van der Waals surface area contributed by atoms with Gasteiger partial charge in [0.1, 0.15) is 11.6 Å². The zero-order valence-electron chi connectivity index (χ0n) is 18.6. The van der Waals surface area contributed by atoms with E-state index in [4.69, 9.17) is 4.74 Å². The van der Waals surface area contributed by atoms with Crippen LogP contribution in [-0.2, 0) is 14.8 Å². The van der Waals surface area contributed by atoms with Gasteiger partial charge in [-0.3, -0.25) is 4.79 Å². The maximum absolute atomic E-state index is 13.4. The van der Waals surface area contributed by atoms with Crippen LogP contribution < -0.4 is 4.74 Å². The highest BCUT2D eigenvalue weighted by molar-refractivity contribution is 7.89. The van der Waals surface area contributed by atoms with Crippen LogP contribution in [0, 0.1) is 22.9 Å². The maximum Gasteiger partial charge on any atom is 0.243 e. The highest BCUT2D eigenvalue weighted by atomic mass is 32.2. The first-order chi connectivity index (χ1) is 15.5. The summed E-state index contributed by atoms with van der Waals surface area (Å²) in [5.41, 5.74) is -0.707. The first-order valence-electron chi connectivity index (χ1n) is 10.6. The Balaban J connectivity index is 1.50. The van der Waals surface area contributed by atoms with Crippen molar-refractivity contribution in [1.29, 1.82) is 0 Å². The third-order valence-electron chi connectivity index (χ3n) is 5.64. The third-order valence-corrected chi connectivity index (χ3v) is 7.54. The molecule has 1 saturated heterocycles. The number of rotatable bonds is 8. The van der Waals surface area contributed by atoms with Crippen LogP contribution in [0.5, 0.6) is 5.75 Å². The van der Waals surface area contributed by atoms with Gasteiger partial charge in [-0.1, -0.05) is 19.9 Å². The van der Waals surface area contributed by atoms with Gasteiger partial charge in [-0.05, 0) is 43.2 Å². The average Bonchev–Trinajstić information content (AvgIpc) is 2.78. The molecule has 1 aliphatic rings. The van der Waals surface area contributed by atoms with Gasteiger partial charge in [-0.2, -0.15) is 4.31 Å². The molecule has 1 fully saturated rings. The number of benzene rings is 2. The van der Waals surface area contributed by atoms with Crippen LogP contribution in [0.25, 0.3) is 0 Å². The van der Waals surface area contributed by atoms with E-state index in [1.807, 2.05) is 13.8 Å². The van der Waals surface area contributed by atoms with Gasteiger partial charge in [0.05, 0.1) is 11.5 Å². The third kappa shape index (κ3) is 6.05. The Morgan fingerprint density at radius 2 is 1.70 bits per heavy atom. The minimum absolute atomic E-state index is 0.0990. The highest BCUT2D eigenvalue weighted by Crippen LogP contribution is 2.27. The molecule has 1 aliphatic heterocycles. The van der Waals surface area contributed by atoms with Gasteiger partial charge in [0, 0.05) is 37.7 Å². The molecule has 0 atom stereocenters. The van der Waals surface area contributed by atoms with Crippen molar-refractivity contribution in [3.63, 3.8) is 0 Å². The monoisotopic (exact) mass is 484 g/mol. The minimum Gasteiger partial charge on any atom is -0.493 e. The van der Waals surface area contributed by atoms with Crippen LogP contribution in [0.3, 0.4) is 0 Å². The topological polar surface area (TPSA) is 66.9 Å². The Morgan fingerprint density at radius 3 is 2.33 bits per heavy atom. The van der Waals surface area contributed by atoms with Crippen LogP contribution in [0.4, 0.5) is 13.2 Å². The first kappa shape index (κ1) is 25.0. The lowest BCUT2D eigenvalue weighted by Gasteiger charge is -2.38. The molecule has 0 aliphatic carbocycles. The normalized spacial score (nSPS) is 15.5. The lowest BCUT2D eigenvalue weighted by atomic mass is 9.86. The van der Waals surface area contributed by atoms with Crippen molar-refractivity contribution < 1.29 is 31.1 Å². The molecule has 33 heavy (non-hydrogen) atoms. The fourth-order valence-corrected chi connectivity index (χ4v) is 5.17. The number of sulfonamides is 1. The largest absolute Gasteiger partial charge is 0.493 e. The Morgan fingerprint density at radius 1 is 1.00 bits per heavy atom. The standard InChI is InChI=1S/C23H27F3N2O4S/c1-23(2,9-4-14-32-18-7-8-20(25)21(26)16-18)22(29)27-10-12-28(13-11-27)33(30,31)19-6-3-5-17(24)15-19/h3,5-8,15-16H,4,9-14H2,1-2H3. The molecule has 0 N–H and O–H groups in total. The van der Waals surface area contributed by atoms with Gasteiger partial charge in [0.15, 0.2) is 11.6 Å². The lowest BCUT2D eigenvalue weighted by Crippen LogP contribution is -2.53. The van der Waals surface area contributed by atoms with E-state index in [0.717, 1.165) is 18.2 Å². The summed E-state index contributed by atoms with van der Waals surface area (Å²) in [6, 6.07) is 8.17. The quantitative estimate of drug-likeness (QED) is 0.535. The SMILES string of the molecule is CC(C)(CCCOc1ccc(F)c(F)c1)C(=O)N1CCN(S(=O)(=O)c2cccc(F)c2)CC1. The van der Waals surface area contributed by atoms with E-state index in [1.165, 1.54) is 28.6 Å².